The summed E-state index contributed by atoms with van der Waals surface area (Å²) in [4.78, 5) is 23.2. The van der Waals surface area contributed by atoms with Crippen LogP contribution in [0, 0.1) is 0 Å². The van der Waals surface area contributed by atoms with Gasteiger partial charge in [0.1, 0.15) is 0 Å². The number of alkyl halides is 2. The van der Waals surface area contributed by atoms with Crippen LogP contribution in [0.2, 0.25) is 0 Å². The number of carbonyl (C=O) groups is 2. The van der Waals surface area contributed by atoms with Gasteiger partial charge >= 0.3 is 0 Å². The lowest BCUT2D eigenvalue weighted by molar-refractivity contribution is -0.133. The molecule has 0 aromatic carbocycles. The van der Waals surface area contributed by atoms with Gasteiger partial charge < -0.3 is 16.4 Å². The highest BCUT2D eigenvalue weighted by Crippen LogP contribution is 2.27. The van der Waals surface area contributed by atoms with Crippen LogP contribution in [0.1, 0.15) is 25.7 Å². The molecule has 106 valence electrons. The number of nitrogens with zero attached hydrogens (tertiary/aromatic N) is 1. The first kappa shape index (κ1) is 17.1. The Labute approximate surface area is 110 Å². The molecule has 1 heterocycles. The highest BCUT2D eigenvalue weighted by Gasteiger charge is 2.41. The smallest absolute Gasteiger partial charge is 0.267 e. The van der Waals surface area contributed by atoms with E-state index in [0.29, 0.717) is 6.42 Å². The number of primary amides is 1. The number of likely N-dealkylation sites (tertiary alicyclic amines) is 1. The fraction of sp³-hybridized carbons (Fsp3) is 0.800. The Morgan fingerprint density at radius 1 is 1.39 bits per heavy atom. The van der Waals surface area contributed by atoms with Gasteiger partial charge in [0.2, 0.25) is 11.8 Å². The Balaban J connectivity index is 0.00000289. The van der Waals surface area contributed by atoms with Crippen LogP contribution in [0.25, 0.3) is 0 Å². The van der Waals surface area contributed by atoms with Gasteiger partial charge in [0.25, 0.3) is 5.92 Å². The molecule has 0 spiro atoms. The molecule has 18 heavy (non-hydrogen) atoms. The molecule has 1 atom stereocenters. The Morgan fingerprint density at radius 2 is 2.00 bits per heavy atom. The van der Waals surface area contributed by atoms with E-state index in [2.05, 4.69) is 0 Å². The zero-order valence-electron chi connectivity index (χ0n) is 9.90. The highest BCUT2D eigenvalue weighted by atomic mass is 35.5. The quantitative estimate of drug-likeness (QED) is 0.759. The molecule has 1 fully saturated rings. The number of rotatable bonds is 5. The van der Waals surface area contributed by atoms with Crippen LogP contribution in [-0.4, -0.2) is 41.8 Å². The summed E-state index contributed by atoms with van der Waals surface area (Å²) in [5.41, 5.74) is 10.5. The van der Waals surface area contributed by atoms with Crippen molar-refractivity contribution in [3.8, 4) is 0 Å². The second-order valence-electron chi connectivity index (χ2n) is 4.33. The van der Waals surface area contributed by atoms with Crippen molar-refractivity contribution in [2.75, 3.05) is 13.1 Å². The lowest BCUT2D eigenvalue weighted by atomic mass is 10.1. The van der Waals surface area contributed by atoms with Gasteiger partial charge in [-0.05, 0) is 12.8 Å². The standard InChI is InChI=1S/C10H17F2N3O2.ClH/c11-10(12)4-5-15(6-10)9(17)7(13)2-1-3-8(14)16;/h7H,1-6,13H2,(H2,14,16);1H. The van der Waals surface area contributed by atoms with Crippen molar-refractivity contribution in [3.05, 3.63) is 0 Å². The van der Waals surface area contributed by atoms with Gasteiger partial charge in [-0.1, -0.05) is 0 Å². The van der Waals surface area contributed by atoms with Crippen LogP contribution < -0.4 is 11.5 Å². The minimum atomic E-state index is -2.80. The summed E-state index contributed by atoms with van der Waals surface area (Å²) in [7, 11) is 0. The van der Waals surface area contributed by atoms with Crippen molar-refractivity contribution >= 4 is 24.2 Å². The van der Waals surface area contributed by atoms with Crippen molar-refractivity contribution in [2.45, 2.75) is 37.6 Å². The summed E-state index contributed by atoms with van der Waals surface area (Å²) >= 11 is 0. The molecule has 0 radical (unpaired) electrons. The van der Waals surface area contributed by atoms with Crippen molar-refractivity contribution in [1.29, 1.82) is 0 Å². The second-order valence-corrected chi connectivity index (χ2v) is 4.33. The van der Waals surface area contributed by atoms with Crippen molar-refractivity contribution in [3.63, 3.8) is 0 Å². The molecular formula is C10H18ClF2N3O2. The third-order valence-corrected chi connectivity index (χ3v) is 2.74. The van der Waals surface area contributed by atoms with E-state index in [1.54, 1.807) is 0 Å². The van der Waals surface area contributed by atoms with Crippen LogP contribution in [0.15, 0.2) is 0 Å². The van der Waals surface area contributed by atoms with Gasteiger partial charge in [0.15, 0.2) is 0 Å². The molecule has 4 N–H and O–H groups in total. The van der Waals surface area contributed by atoms with Gasteiger partial charge in [0, 0.05) is 19.4 Å². The Kier molecular flexibility index (Phi) is 6.48. The molecule has 0 aromatic rings. The maximum absolute atomic E-state index is 12.9. The lowest BCUT2D eigenvalue weighted by Gasteiger charge is -2.20. The van der Waals surface area contributed by atoms with Gasteiger partial charge in [-0.25, -0.2) is 8.78 Å². The number of hydrogen-bond acceptors (Lipinski definition) is 3. The van der Waals surface area contributed by atoms with E-state index in [-0.39, 0.29) is 38.2 Å². The van der Waals surface area contributed by atoms with E-state index in [1.165, 1.54) is 0 Å². The molecule has 1 aliphatic heterocycles. The van der Waals surface area contributed by atoms with Gasteiger partial charge in [-0.3, -0.25) is 9.59 Å². The summed E-state index contributed by atoms with van der Waals surface area (Å²) in [5.74, 6) is -3.74. The Morgan fingerprint density at radius 3 is 2.44 bits per heavy atom. The van der Waals surface area contributed by atoms with Gasteiger partial charge in [0.05, 0.1) is 12.6 Å². The fourth-order valence-electron chi connectivity index (χ4n) is 1.78. The third-order valence-electron chi connectivity index (χ3n) is 2.74. The molecule has 8 heteroatoms. The zero-order valence-corrected chi connectivity index (χ0v) is 10.7. The zero-order chi connectivity index (χ0) is 13.1. The number of halogens is 3. The lowest BCUT2D eigenvalue weighted by Crippen LogP contribution is -2.43. The minimum absolute atomic E-state index is 0. The monoisotopic (exact) mass is 285 g/mol. The molecule has 0 bridgehead atoms. The topological polar surface area (TPSA) is 89.4 Å². The Hall–Kier alpha value is -0.950. The third kappa shape index (κ3) is 5.14. The van der Waals surface area contributed by atoms with Crippen LogP contribution in [-0.2, 0) is 9.59 Å². The molecular weight excluding hydrogens is 268 g/mol. The van der Waals surface area contributed by atoms with E-state index in [4.69, 9.17) is 11.5 Å². The van der Waals surface area contributed by atoms with Crippen LogP contribution in [0.3, 0.4) is 0 Å². The highest BCUT2D eigenvalue weighted by molar-refractivity contribution is 5.85. The van der Waals surface area contributed by atoms with E-state index in [9.17, 15) is 18.4 Å². The van der Waals surface area contributed by atoms with Crippen molar-refractivity contribution in [2.24, 2.45) is 11.5 Å². The molecule has 0 aromatic heterocycles. The predicted molar refractivity (Wildman–Crippen MR) is 64.4 cm³/mol. The summed E-state index contributed by atoms with van der Waals surface area (Å²) in [6.07, 6.45) is 0.514. The van der Waals surface area contributed by atoms with Crippen LogP contribution in [0.5, 0.6) is 0 Å². The minimum Gasteiger partial charge on any atom is -0.370 e. The normalized spacial score (nSPS) is 19.2. The van der Waals surface area contributed by atoms with E-state index < -0.39 is 30.3 Å². The van der Waals surface area contributed by atoms with E-state index >= 15 is 0 Å². The Bertz CT molecular complexity index is 315. The second kappa shape index (κ2) is 6.84. The average molecular weight is 286 g/mol. The summed E-state index contributed by atoms with van der Waals surface area (Å²) in [5, 5.41) is 0. The molecule has 0 aliphatic carbocycles. The first-order chi connectivity index (χ1) is 7.82. The van der Waals surface area contributed by atoms with Gasteiger partial charge in [-0.2, -0.15) is 0 Å². The summed E-state index contributed by atoms with van der Waals surface area (Å²) < 4.78 is 25.8. The summed E-state index contributed by atoms with van der Waals surface area (Å²) in [6.45, 7) is -0.523. The van der Waals surface area contributed by atoms with Crippen LogP contribution in [0.4, 0.5) is 8.78 Å². The molecule has 1 saturated heterocycles. The number of hydrogen-bond donors (Lipinski definition) is 2. The molecule has 2 amide bonds. The predicted octanol–water partition coefficient (Wildman–Crippen LogP) is 0.259. The first-order valence-electron chi connectivity index (χ1n) is 5.52. The maximum atomic E-state index is 12.9. The maximum Gasteiger partial charge on any atom is 0.267 e. The molecule has 1 unspecified atom stereocenters. The van der Waals surface area contributed by atoms with Crippen molar-refractivity contribution < 1.29 is 18.4 Å². The SMILES string of the molecule is Cl.NC(=O)CCCC(N)C(=O)N1CCC(F)(F)C1. The number of amides is 2. The molecule has 0 saturated carbocycles. The van der Waals surface area contributed by atoms with Gasteiger partial charge in [-0.15, -0.1) is 12.4 Å². The van der Waals surface area contributed by atoms with E-state index in [0.717, 1.165) is 4.90 Å². The molecule has 1 rings (SSSR count). The summed E-state index contributed by atoms with van der Waals surface area (Å²) in [6, 6.07) is -0.830. The van der Waals surface area contributed by atoms with Crippen LogP contribution >= 0.6 is 12.4 Å². The average Bonchev–Trinajstić information content (AvgIpc) is 2.57. The number of carbonyl (C=O) groups excluding carboxylic acids is 2. The first-order valence-corrected chi connectivity index (χ1v) is 5.52. The molecule has 1 aliphatic rings. The fourth-order valence-corrected chi connectivity index (χ4v) is 1.78. The van der Waals surface area contributed by atoms with E-state index in [1.807, 2.05) is 0 Å². The molecule has 5 nitrogen and oxygen atoms in total. The number of nitrogens with two attached hydrogens (primary N) is 2. The largest absolute Gasteiger partial charge is 0.370 e. The van der Waals surface area contributed by atoms with Crippen molar-refractivity contribution in [1.82, 2.24) is 4.90 Å².